The predicted octanol–water partition coefficient (Wildman–Crippen LogP) is 3.40. The first-order chi connectivity index (χ1) is 13.3. The van der Waals surface area contributed by atoms with Gasteiger partial charge in [-0.25, -0.2) is 12.8 Å². The maximum absolute atomic E-state index is 13.5. The molecule has 3 aromatic rings. The number of amides is 1. The molecule has 0 saturated carbocycles. The summed E-state index contributed by atoms with van der Waals surface area (Å²) >= 11 is 1.24. The number of hydrogen-bond acceptors (Lipinski definition) is 5. The monoisotopic (exact) mass is 422 g/mol. The smallest absolute Gasteiger partial charge is 0.289 e. The van der Waals surface area contributed by atoms with Crippen LogP contribution in [0.3, 0.4) is 0 Å². The van der Waals surface area contributed by atoms with Crippen molar-refractivity contribution in [3.63, 3.8) is 0 Å². The molecule has 0 N–H and O–H groups in total. The number of piperazine rings is 1. The van der Waals surface area contributed by atoms with Crippen molar-refractivity contribution in [2.75, 3.05) is 26.2 Å². The number of furan rings is 1. The van der Waals surface area contributed by atoms with Crippen LogP contribution in [-0.4, -0.2) is 49.7 Å². The third-order valence-corrected chi connectivity index (χ3v) is 8.29. The standard InChI is InChI=1S/C19H19FN2O4S2/c1-12-3-6-17(27-12)28(24,25)22-9-7-21(8-10-22)19(23)18-13(2)15-11-14(20)4-5-16(15)26-18/h3-6,11H,7-10H2,1-2H3. The number of rotatable bonds is 3. The Labute approximate surface area is 166 Å². The lowest BCUT2D eigenvalue weighted by Crippen LogP contribution is -2.50. The minimum atomic E-state index is -3.54. The Bertz CT molecular complexity index is 1160. The molecule has 0 unspecified atom stereocenters. The van der Waals surface area contributed by atoms with Crippen LogP contribution in [0.15, 0.2) is 39.0 Å². The summed E-state index contributed by atoms with van der Waals surface area (Å²) in [6.07, 6.45) is 0. The van der Waals surface area contributed by atoms with Gasteiger partial charge in [-0.2, -0.15) is 4.31 Å². The van der Waals surface area contributed by atoms with Gasteiger partial charge in [0.15, 0.2) is 5.76 Å². The maximum atomic E-state index is 13.5. The van der Waals surface area contributed by atoms with E-state index >= 15 is 0 Å². The summed E-state index contributed by atoms with van der Waals surface area (Å²) < 4.78 is 46.3. The van der Waals surface area contributed by atoms with E-state index in [2.05, 4.69) is 0 Å². The van der Waals surface area contributed by atoms with Gasteiger partial charge in [0.1, 0.15) is 15.6 Å². The molecule has 0 radical (unpaired) electrons. The molecule has 0 aliphatic carbocycles. The predicted molar refractivity (Wildman–Crippen MR) is 105 cm³/mol. The molecule has 1 aliphatic rings. The Morgan fingerprint density at radius 2 is 1.82 bits per heavy atom. The molecular formula is C19H19FN2O4S2. The topological polar surface area (TPSA) is 70.8 Å². The van der Waals surface area contributed by atoms with Crippen LogP contribution in [0, 0.1) is 19.7 Å². The van der Waals surface area contributed by atoms with E-state index in [4.69, 9.17) is 4.42 Å². The fourth-order valence-electron chi connectivity index (χ4n) is 3.35. The molecule has 2 aromatic heterocycles. The number of nitrogens with zero attached hydrogens (tertiary/aromatic N) is 2. The van der Waals surface area contributed by atoms with E-state index in [1.165, 1.54) is 33.8 Å². The van der Waals surface area contributed by atoms with E-state index in [9.17, 15) is 17.6 Å². The number of thiophene rings is 1. The lowest BCUT2D eigenvalue weighted by Gasteiger charge is -2.33. The van der Waals surface area contributed by atoms with E-state index in [0.29, 0.717) is 20.7 Å². The summed E-state index contributed by atoms with van der Waals surface area (Å²) in [5.41, 5.74) is 1.04. The zero-order chi connectivity index (χ0) is 20.1. The summed E-state index contributed by atoms with van der Waals surface area (Å²) in [5.74, 6) is -0.526. The normalized spacial score (nSPS) is 16.0. The van der Waals surface area contributed by atoms with Gasteiger partial charge >= 0.3 is 0 Å². The highest BCUT2D eigenvalue weighted by Crippen LogP contribution is 2.28. The van der Waals surface area contributed by atoms with Crippen molar-refractivity contribution in [3.05, 3.63) is 52.3 Å². The van der Waals surface area contributed by atoms with Gasteiger partial charge in [0.05, 0.1) is 0 Å². The lowest BCUT2D eigenvalue weighted by molar-refractivity contribution is 0.0667. The van der Waals surface area contributed by atoms with Crippen LogP contribution >= 0.6 is 11.3 Å². The molecule has 1 saturated heterocycles. The number of hydrogen-bond donors (Lipinski definition) is 0. The molecule has 1 amide bonds. The van der Waals surface area contributed by atoms with Crippen molar-refractivity contribution in [1.29, 1.82) is 0 Å². The molecule has 9 heteroatoms. The van der Waals surface area contributed by atoms with Crippen LogP contribution in [0.25, 0.3) is 11.0 Å². The van der Waals surface area contributed by atoms with Gasteiger partial charge < -0.3 is 9.32 Å². The van der Waals surface area contributed by atoms with Gasteiger partial charge in [-0.15, -0.1) is 11.3 Å². The second-order valence-electron chi connectivity index (χ2n) is 6.76. The molecule has 1 aliphatic heterocycles. The third-order valence-electron chi connectivity index (χ3n) is 4.93. The van der Waals surface area contributed by atoms with E-state index in [1.807, 2.05) is 6.92 Å². The van der Waals surface area contributed by atoms with Crippen LogP contribution < -0.4 is 0 Å². The van der Waals surface area contributed by atoms with Gasteiger partial charge in [-0.05, 0) is 44.2 Å². The molecule has 3 heterocycles. The number of carbonyl (C=O) groups excluding carboxylic acids is 1. The number of carbonyl (C=O) groups is 1. The van der Waals surface area contributed by atoms with Crippen molar-refractivity contribution in [1.82, 2.24) is 9.21 Å². The highest BCUT2D eigenvalue weighted by atomic mass is 32.2. The number of sulfonamides is 1. The van der Waals surface area contributed by atoms with Gasteiger partial charge in [-0.1, -0.05) is 0 Å². The number of benzene rings is 1. The van der Waals surface area contributed by atoms with Gasteiger partial charge in [0.25, 0.3) is 15.9 Å². The fourth-order valence-corrected chi connectivity index (χ4v) is 6.21. The summed E-state index contributed by atoms with van der Waals surface area (Å²) in [5, 5.41) is 0.567. The van der Waals surface area contributed by atoms with Crippen molar-refractivity contribution in [2.24, 2.45) is 0 Å². The van der Waals surface area contributed by atoms with Gasteiger partial charge in [-0.3, -0.25) is 4.79 Å². The van der Waals surface area contributed by atoms with E-state index in [-0.39, 0.29) is 37.8 Å². The van der Waals surface area contributed by atoms with Crippen molar-refractivity contribution < 1.29 is 22.0 Å². The molecule has 0 atom stereocenters. The Hall–Kier alpha value is -2.23. The quantitative estimate of drug-likeness (QED) is 0.649. The van der Waals surface area contributed by atoms with Crippen molar-refractivity contribution >= 4 is 38.2 Å². The largest absolute Gasteiger partial charge is 0.451 e. The molecule has 6 nitrogen and oxygen atoms in total. The van der Waals surface area contributed by atoms with Gasteiger partial charge in [0.2, 0.25) is 0 Å². The highest BCUT2D eigenvalue weighted by molar-refractivity contribution is 7.91. The number of fused-ring (bicyclic) bond motifs is 1. The second-order valence-corrected chi connectivity index (χ2v) is 10.2. The van der Waals surface area contributed by atoms with Gasteiger partial charge in [0, 0.05) is 42.0 Å². The summed E-state index contributed by atoms with van der Waals surface area (Å²) in [4.78, 5) is 15.4. The average Bonchev–Trinajstić information content (AvgIpc) is 3.26. The van der Waals surface area contributed by atoms with E-state index in [1.54, 1.807) is 24.0 Å². The summed E-state index contributed by atoms with van der Waals surface area (Å²) in [7, 11) is -3.54. The van der Waals surface area contributed by atoms with Crippen molar-refractivity contribution in [2.45, 2.75) is 18.1 Å². The number of halogens is 1. The van der Waals surface area contributed by atoms with Crippen LogP contribution in [0.5, 0.6) is 0 Å². The second kappa shape index (κ2) is 6.98. The molecule has 148 valence electrons. The molecule has 1 fully saturated rings. The first-order valence-corrected chi connectivity index (χ1v) is 11.1. The highest BCUT2D eigenvalue weighted by Gasteiger charge is 2.32. The zero-order valence-corrected chi connectivity index (χ0v) is 17.1. The fraction of sp³-hybridized carbons (Fsp3) is 0.316. The molecule has 28 heavy (non-hydrogen) atoms. The third kappa shape index (κ3) is 3.23. The Balaban J connectivity index is 1.51. The lowest BCUT2D eigenvalue weighted by atomic mass is 10.1. The Kier molecular flexibility index (Phi) is 4.76. The Morgan fingerprint density at radius 3 is 2.46 bits per heavy atom. The minimum absolute atomic E-state index is 0.172. The number of aryl methyl sites for hydroxylation is 2. The molecular weight excluding hydrogens is 403 g/mol. The van der Waals surface area contributed by atoms with Crippen LogP contribution in [0.4, 0.5) is 4.39 Å². The molecule has 0 spiro atoms. The van der Waals surface area contributed by atoms with Crippen LogP contribution in [0.2, 0.25) is 0 Å². The zero-order valence-electron chi connectivity index (χ0n) is 15.4. The average molecular weight is 423 g/mol. The minimum Gasteiger partial charge on any atom is -0.451 e. The van der Waals surface area contributed by atoms with Crippen LogP contribution in [0.1, 0.15) is 21.0 Å². The first-order valence-electron chi connectivity index (χ1n) is 8.82. The Morgan fingerprint density at radius 1 is 1.11 bits per heavy atom. The summed E-state index contributed by atoms with van der Waals surface area (Å²) in [6, 6.07) is 7.53. The van der Waals surface area contributed by atoms with Crippen molar-refractivity contribution in [3.8, 4) is 0 Å². The SMILES string of the molecule is Cc1ccc(S(=O)(=O)N2CCN(C(=O)c3oc4ccc(F)cc4c3C)CC2)s1. The summed E-state index contributed by atoms with van der Waals surface area (Å²) in [6.45, 7) is 4.57. The first kappa shape index (κ1) is 19.1. The molecule has 4 rings (SSSR count). The molecule has 1 aromatic carbocycles. The maximum Gasteiger partial charge on any atom is 0.289 e. The van der Waals surface area contributed by atoms with E-state index < -0.39 is 15.8 Å². The van der Waals surface area contributed by atoms with Crippen LogP contribution in [-0.2, 0) is 10.0 Å². The van der Waals surface area contributed by atoms with E-state index in [0.717, 1.165) is 4.88 Å². The molecule has 0 bridgehead atoms.